The maximum absolute atomic E-state index is 11.8. The molecule has 0 unspecified atom stereocenters. The zero-order valence-corrected chi connectivity index (χ0v) is 10.0. The van der Waals surface area contributed by atoms with Crippen LogP contribution >= 0.6 is 0 Å². The Hall–Kier alpha value is -1.65. The van der Waals surface area contributed by atoms with Crippen LogP contribution in [0, 0.1) is 5.41 Å². The molecule has 1 heterocycles. The van der Waals surface area contributed by atoms with Crippen molar-refractivity contribution in [2.24, 2.45) is 5.41 Å². The van der Waals surface area contributed by atoms with Crippen LogP contribution < -0.4 is 11.0 Å². The third-order valence-corrected chi connectivity index (χ3v) is 2.19. The molecule has 1 amide bonds. The van der Waals surface area contributed by atoms with E-state index in [1.165, 1.54) is 6.20 Å². The molecule has 1 aromatic rings. The first-order chi connectivity index (χ1) is 7.34. The lowest BCUT2D eigenvalue weighted by Crippen LogP contribution is -2.29. The number of hydrogen-bond acceptors (Lipinski definition) is 3. The first-order valence-corrected chi connectivity index (χ1v) is 5.24. The standard InChI is InChI=1S/C11H17N3O2/c1-5-7-6-12-10(16)14-8(7)13-9(15)11(2,3)4/h6H,5H2,1-4H3,(H2,12,13,14,15,16). The van der Waals surface area contributed by atoms with E-state index in [4.69, 9.17) is 0 Å². The molecule has 0 aromatic carbocycles. The van der Waals surface area contributed by atoms with Gasteiger partial charge in [0.1, 0.15) is 5.82 Å². The topological polar surface area (TPSA) is 74.8 Å². The number of H-pyrrole nitrogens is 1. The fourth-order valence-electron chi connectivity index (χ4n) is 1.10. The minimum atomic E-state index is -0.495. The molecule has 0 bridgehead atoms. The molecular formula is C11H17N3O2. The van der Waals surface area contributed by atoms with Gasteiger partial charge in [-0.05, 0) is 6.42 Å². The molecule has 0 atom stereocenters. The van der Waals surface area contributed by atoms with E-state index in [2.05, 4.69) is 15.3 Å². The zero-order valence-electron chi connectivity index (χ0n) is 10.0. The maximum atomic E-state index is 11.8. The van der Waals surface area contributed by atoms with Crippen LogP contribution in [0.4, 0.5) is 5.82 Å². The molecule has 5 heteroatoms. The molecule has 5 nitrogen and oxygen atoms in total. The number of nitrogens with zero attached hydrogens (tertiary/aromatic N) is 1. The number of aryl methyl sites for hydroxylation is 1. The molecule has 0 spiro atoms. The van der Waals surface area contributed by atoms with Gasteiger partial charge in [-0.3, -0.25) is 9.78 Å². The highest BCUT2D eigenvalue weighted by Gasteiger charge is 2.22. The summed E-state index contributed by atoms with van der Waals surface area (Å²) in [5.74, 6) is 0.312. The fraction of sp³-hybridized carbons (Fsp3) is 0.545. The van der Waals surface area contributed by atoms with Crippen molar-refractivity contribution in [3.8, 4) is 0 Å². The van der Waals surface area contributed by atoms with Crippen LogP contribution in [-0.4, -0.2) is 15.9 Å². The summed E-state index contributed by atoms with van der Waals surface area (Å²) in [7, 11) is 0. The SMILES string of the molecule is CCc1cnc(=O)[nH]c1NC(=O)C(C)(C)C. The minimum Gasteiger partial charge on any atom is -0.311 e. The predicted molar refractivity (Wildman–Crippen MR) is 62.3 cm³/mol. The van der Waals surface area contributed by atoms with Crippen LogP contribution in [0.2, 0.25) is 0 Å². The van der Waals surface area contributed by atoms with Crippen LogP contribution in [0.3, 0.4) is 0 Å². The smallest absolute Gasteiger partial charge is 0.311 e. The largest absolute Gasteiger partial charge is 0.346 e. The molecule has 0 saturated heterocycles. The number of aromatic amines is 1. The summed E-state index contributed by atoms with van der Waals surface area (Å²) in [6.45, 7) is 7.37. The molecule has 0 saturated carbocycles. The van der Waals surface area contributed by atoms with Crippen molar-refractivity contribution in [2.75, 3.05) is 5.32 Å². The Morgan fingerprint density at radius 3 is 2.62 bits per heavy atom. The van der Waals surface area contributed by atoms with Gasteiger partial charge in [0.25, 0.3) is 0 Å². The van der Waals surface area contributed by atoms with Crippen molar-refractivity contribution in [3.05, 3.63) is 22.2 Å². The van der Waals surface area contributed by atoms with Gasteiger partial charge in [0.05, 0.1) is 0 Å². The first-order valence-electron chi connectivity index (χ1n) is 5.24. The number of aromatic nitrogens is 2. The van der Waals surface area contributed by atoms with Crippen molar-refractivity contribution in [1.82, 2.24) is 9.97 Å². The maximum Gasteiger partial charge on any atom is 0.346 e. The molecule has 0 fully saturated rings. The van der Waals surface area contributed by atoms with Gasteiger partial charge in [0, 0.05) is 17.2 Å². The summed E-state index contributed by atoms with van der Waals surface area (Å²) >= 11 is 0. The lowest BCUT2D eigenvalue weighted by Gasteiger charge is -2.18. The highest BCUT2D eigenvalue weighted by Crippen LogP contribution is 2.17. The number of carbonyl (C=O) groups excluding carboxylic acids is 1. The van der Waals surface area contributed by atoms with Crippen molar-refractivity contribution in [1.29, 1.82) is 0 Å². The fourth-order valence-corrected chi connectivity index (χ4v) is 1.10. The quantitative estimate of drug-likeness (QED) is 0.794. The zero-order chi connectivity index (χ0) is 12.3. The summed E-state index contributed by atoms with van der Waals surface area (Å²) in [4.78, 5) is 29.0. The van der Waals surface area contributed by atoms with Gasteiger partial charge in [-0.1, -0.05) is 27.7 Å². The van der Waals surface area contributed by atoms with Crippen molar-refractivity contribution < 1.29 is 4.79 Å². The number of nitrogens with one attached hydrogen (secondary N) is 2. The van der Waals surface area contributed by atoms with Crippen LogP contribution in [0.1, 0.15) is 33.3 Å². The van der Waals surface area contributed by atoms with Gasteiger partial charge in [0.15, 0.2) is 0 Å². The Labute approximate surface area is 94.3 Å². The lowest BCUT2D eigenvalue weighted by atomic mass is 9.95. The number of anilines is 1. The minimum absolute atomic E-state index is 0.135. The molecule has 0 aliphatic carbocycles. The van der Waals surface area contributed by atoms with Gasteiger partial charge >= 0.3 is 5.69 Å². The molecule has 16 heavy (non-hydrogen) atoms. The van der Waals surface area contributed by atoms with E-state index in [0.29, 0.717) is 12.2 Å². The van der Waals surface area contributed by atoms with Gasteiger partial charge in [-0.2, -0.15) is 0 Å². The van der Waals surface area contributed by atoms with E-state index in [9.17, 15) is 9.59 Å². The second-order valence-electron chi connectivity index (χ2n) is 4.65. The molecule has 0 aliphatic heterocycles. The second-order valence-corrected chi connectivity index (χ2v) is 4.65. The number of carbonyl (C=O) groups is 1. The third kappa shape index (κ3) is 2.92. The monoisotopic (exact) mass is 223 g/mol. The molecule has 0 radical (unpaired) electrons. The number of rotatable bonds is 2. The van der Waals surface area contributed by atoms with E-state index in [1.807, 2.05) is 27.7 Å². The highest BCUT2D eigenvalue weighted by molar-refractivity contribution is 5.94. The predicted octanol–water partition coefficient (Wildman–Crippen LogP) is 1.32. The lowest BCUT2D eigenvalue weighted by molar-refractivity contribution is -0.123. The van der Waals surface area contributed by atoms with E-state index in [0.717, 1.165) is 5.56 Å². The van der Waals surface area contributed by atoms with Crippen molar-refractivity contribution >= 4 is 11.7 Å². The van der Waals surface area contributed by atoms with Crippen molar-refractivity contribution in [3.63, 3.8) is 0 Å². The van der Waals surface area contributed by atoms with Gasteiger partial charge in [-0.15, -0.1) is 0 Å². The molecular weight excluding hydrogens is 206 g/mol. The van der Waals surface area contributed by atoms with Crippen molar-refractivity contribution in [2.45, 2.75) is 34.1 Å². The average molecular weight is 223 g/mol. The third-order valence-electron chi connectivity index (χ3n) is 2.19. The summed E-state index contributed by atoms with van der Waals surface area (Å²) < 4.78 is 0. The van der Waals surface area contributed by atoms with E-state index in [1.54, 1.807) is 0 Å². The average Bonchev–Trinajstić information content (AvgIpc) is 2.16. The van der Waals surface area contributed by atoms with Gasteiger partial charge in [-0.25, -0.2) is 9.78 Å². The van der Waals surface area contributed by atoms with Crippen LogP contribution in [0.15, 0.2) is 11.0 Å². The summed E-state index contributed by atoms with van der Waals surface area (Å²) in [6.07, 6.45) is 2.18. The second kappa shape index (κ2) is 4.47. The Kier molecular flexibility index (Phi) is 3.47. The van der Waals surface area contributed by atoms with Crippen LogP contribution in [0.5, 0.6) is 0 Å². The molecule has 0 aliphatic rings. The molecule has 1 aromatic heterocycles. The Balaban J connectivity index is 3.01. The number of amides is 1. The number of hydrogen-bond donors (Lipinski definition) is 2. The summed E-state index contributed by atoms with van der Waals surface area (Å²) in [5.41, 5.74) is -0.135. The Morgan fingerprint density at radius 2 is 2.12 bits per heavy atom. The van der Waals surface area contributed by atoms with E-state index < -0.39 is 11.1 Å². The van der Waals surface area contributed by atoms with Crippen LogP contribution in [0.25, 0.3) is 0 Å². The molecule has 88 valence electrons. The van der Waals surface area contributed by atoms with Gasteiger partial charge in [0.2, 0.25) is 5.91 Å². The molecule has 2 N–H and O–H groups in total. The highest BCUT2D eigenvalue weighted by atomic mass is 16.2. The van der Waals surface area contributed by atoms with E-state index in [-0.39, 0.29) is 5.91 Å². The van der Waals surface area contributed by atoms with E-state index >= 15 is 0 Å². The summed E-state index contributed by atoms with van der Waals surface area (Å²) in [5, 5.41) is 2.71. The summed E-state index contributed by atoms with van der Waals surface area (Å²) in [6, 6.07) is 0. The molecule has 1 rings (SSSR count). The first kappa shape index (κ1) is 12.4. The normalized spacial score (nSPS) is 11.2. The Morgan fingerprint density at radius 1 is 1.50 bits per heavy atom. The Bertz CT molecular complexity index is 443. The van der Waals surface area contributed by atoms with Crippen LogP contribution in [-0.2, 0) is 11.2 Å². The van der Waals surface area contributed by atoms with Gasteiger partial charge < -0.3 is 5.32 Å².